The van der Waals surface area contributed by atoms with Crippen LogP contribution in [0.1, 0.15) is 41.5 Å². The van der Waals surface area contributed by atoms with Gasteiger partial charge in [0.2, 0.25) is 0 Å². The van der Waals surface area contributed by atoms with Crippen molar-refractivity contribution in [3.05, 3.63) is 0 Å². The summed E-state index contributed by atoms with van der Waals surface area (Å²) in [5, 5.41) is 9.38. The normalized spacial score (nSPS) is 14.9. The lowest BCUT2D eigenvalue weighted by molar-refractivity contribution is -0.157. The number of esters is 1. The van der Waals surface area contributed by atoms with Gasteiger partial charge >= 0.3 is 5.97 Å². The summed E-state index contributed by atoms with van der Waals surface area (Å²) in [6, 6.07) is -0.0602. The number of aliphatic hydroxyl groups excluding tert-OH is 1. The number of carbonyl (C=O) groups is 1. The van der Waals surface area contributed by atoms with Crippen LogP contribution in [0.5, 0.6) is 0 Å². The lowest BCUT2D eigenvalue weighted by Gasteiger charge is -2.36. The maximum Gasteiger partial charge on any atom is 0.320 e. The molecule has 0 amide bonds. The summed E-state index contributed by atoms with van der Waals surface area (Å²) in [7, 11) is 1.83. The highest BCUT2D eigenvalue weighted by atomic mass is 16.6. The molecule has 1 unspecified atom stereocenters. The first-order chi connectivity index (χ1) is 7.47. The number of carbonyl (C=O) groups excluding carboxylic acids is 1. The van der Waals surface area contributed by atoms with Gasteiger partial charge in [-0.05, 0) is 33.2 Å². The minimum atomic E-state index is -0.464. The Morgan fingerprint density at radius 2 is 1.71 bits per heavy atom. The molecule has 0 rings (SSSR count). The van der Waals surface area contributed by atoms with E-state index in [1.54, 1.807) is 0 Å². The van der Waals surface area contributed by atoms with E-state index in [9.17, 15) is 9.90 Å². The Bertz CT molecular complexity index is 250. The fourth-order valence-electron chi connectivity index (χ4n) is 1.76. The molecule has 0 aliphatic carbocycles. The van der Waals surface area contributed by atoms with Crippen molar-refractivity contribution >= 4 is 5.97 Å². The topological polar surface area (TPSA) is 49.8 Å². The van der Waals surface area contributed by atoms with Gasteiger partial charge in [0.1, 0.15) is 5.60 Å². The molecule has 0 spiro atoms. The van der Waals surface area contributed by atoms with Crippen LogP contribution in [0.3, 0.4) is 0 Å². The highest BCUT2D eigenvalue weighted by Gasteiger charge is 2.29. The van der Waals surface area contributed by atoms with Crippen LogP contribution in [0.25, 0.3) is 0 Å². The van der Waals surface area contributed by atoms with Crippen molar-refractivity contribution in [3.8, 4) is 0 Å². The zero-order chi connectivity index (χ0) is 13.9. The molecule has 0 aliphatic heterocycles. The predicted molar refractivity (Wildman–Crippen MR) is 68.8 cm³/mol. The summed E-state index contributed by atoms with van der Waals surface area (Å²) in [5.41, 5.74) is -0.542. The number of aliphatic hydroxyl groups is 1. The third-order valence-corrected chi connectivity index (χ3v) is 2.50. The molecule has 0 aromatic carbocycles. The van der Waals surface area contributed by atoms with Gasteiger partial charge in [-0.15, -0.1) is 0 Å². The first-order valence-corrected chi connectivity index (χ1v) is 6.00. The van der Waals surface area contributed by atoms with E-state index in [4.69, 9.17) is 4.74 Å². The first kappa shape index (κ1) is 16.4. The van der Waals surface area contributed by atoms with Crippen molar-refractivity contribution in [3.63, 3.8) is 0 Å². The highest BCUT2D eigenvalue weighted by molar-refractivity contribution is 5.72. The lowest BCUT2D eigenvalue weighted by Crippen LogP contribution is -2.47. The number of nitrogens with zero attached hydrogens (tertiary/aromatic N) is 1. The van der Waals surface area contributed by atoms with Gasteiger partial charge in [-0.1, -0.05) is 20.8 Å². The average molecular weight is 245 g/mol. The molecular formula is C13H27NO3. The van der Waals surface area contributed by atoms with Gasteiger partial charge in [-0.2, -0.15) is 0 Å². The molecule has 0 bridgehead atoms. The molecule has 0 aromatic heterocycles. The second-order valence-corrected chi connectivity index (χ2v) is 6.57. The van der Waals surface area contributed by atoms with Gasteiger partial charge in [-0.3, -0.25) is 9.69 Å². The van der Waals surface area contributed by atoms with Gasteiger partial charge in [0.15, 0.2) is 0 Å². The lowest BCUT2D eigenvalue weighted by atomic mass is 9.86. The minimum Gasteiger partial charge on any atom is -0.459 e. The van der Waals surface area contributed by atoms with Gasteiger partial charge in [0.25, 0.3) is 0 Å². The smallest absolute Gasteiger partial charge is 0.320 e. The summed E-state index contributed by atoms with van der Waals surface area (Å²) in [6.07, 6.45) is 0. The average Bonchev–Trinajstić information content (AvgIpc) is 1.96. The molecule has 0 aliphatic rings. The first-order valence-electron chi connectivity index (χ1n) is 6.00. The van der Waals surface area contributed by atoms with Crippen LogP contribution in [-0.4, -0.2) is 47.8 Å². The maximum absolute atomic E-state index is 11.7. The fraction of sp³-hybridized carbons (Fsp3) is 0.923. The van der Waals surface area contributed by atoms with Crippen molar-refractivity contribution < 1.29 is 14.6 Å². The number of rotatable bonds is 4. The largest absolute Gasteiger partial charge is 0.459 e. The van der Waals surface area contributed by atoms with Crippen molar-refractivity contribution in [1.82, 2.24) is 4.90 Å². The summed E-state index contributed by atoms with van der Waals surface area (Å²) < 4.78 is 5.25. The number of ether oxygens (including phenoxy) is 1. The molecule has 0 saturated carbocycles. The summed E-state index contributed by atoms with van der Waals surface area (Å²) >= 11 is 0. The third-order valence-electron chi connectivity index (χ3n) is 2.50. The Morgan fingerprint density at radius 1 is 1.24 bits per heavy atom. The Labute approximate surface area is 105 Å². The number of hydrogen-bond acceptors (Lipinski definition) is 4. The molecule has 4 heteroatoms. The van der Waals surface area contributed by atoms with Gasteiger partial charge < -0.3 is 9.84 Å². The van der Waals surface area contributed by atoms with Crippen molar-refractivity contribution in [1.29, 1.82) is 0 Å². The Hall–Kier alpha value is -0.610. The highest BCUT2D eigenvalue weighted by Crippen LogP contribution is 2.23. The second-order valence-electron chi connectivity index (χ2n) is 6.57. The minimum absolute atomic E-state index is 0.0306. The van der Waals surface area contributed by atoms with Crippen LogP contribution in [0.2, 0.25) is 0 Å². The van der Waals surface area contributed by atoms with Crippen molar-refractivity contribution in [2.75, 3.05) is 20.2 Å². The summed E-state index contributed by atoms with van der Waals surface area (Å²) in [4.78, 5) is 13.5. The van der Waals surface area contributed by atoms with Crippen LogP contribution in [-0.2, 0) is 9.53 Å². The van der Waals surface area contributed by atoms with E-state index in [0.29, 0.717) is 0 Å². The van der Waals surface area contributed by atoms with E-state index in [-0.39, 0.29) is 30.6 Å². The van der Waals surface area contributed by atoms with Crippen molar-refractivity contribution in [2.45, 2.75) is 53.2 Å². The van der Waals surface area contributed by atoms with Gasteiger partial charge in [-0.25, -0.2) is 0 Å². The summed E-state index contributed by atoms with van der Waals surface area (Å²) in [6.45, 7) is 11.9. The van der Waals surface area contributed by atoms with Crippen LogP contribution in [0.4, 0.5) is 0 Å². The van der Waals surface area contributed by atoms with Crippen LogP contribution in [0, 0.1) is 5.41 Å². The van der Waals surface area contributed by atoms with Crippen LogP contribution < -0.4 is 0 Å². The Balaban J connectivity index is 4.43. The van der Waals surface area contributed by atoms with E-state index >= 15 is 0 Å². The molecule has 1 atom stereocenters. The van der Waals surface area contributed by atoms with Gasteiger partial charge in [0, 0.05) is 6.04 Å². The fourth-order valence-corrected chi connectivity index (χ4v) is 1.76. The Kier molecular flexibility index (Phi) is 5.62. The number of hydrogen-bond donors (Lipinski definition) is 1. The zero-order valence-corrected chi connectivity index (χ0v) is 12.2. The SMILES string of the molecule is CN(CC(=O)OC(C)(C)C)C(CO)C(C)(C)C. The quantitative estimate of drug-likeness (QED) is 0.765. The molecule has 1 N–H and O–H groups in total. The predicted octanol–water partition coefficient (Wildman–Crippen LogP) is 1.67. The zero-order valence-electron chi connectivity index (χ0n) is 12.2. The molecule has 0 heterocycles. The second kappa shape index (κ2) is 5.83. The Morgan fingerprint density at radius 3 is 2.00 bits per heavy atom. The van der Waals surface area contributed by atoms with Crippen LogP contribution in [0.15, 0.2) is 0 Å². The van der Waals surface area contributed by atoms with Gasteiger partial charge in [0.05, 0.1) is 13.2 Å². The molecule has 0 fully saturated rings. The van der Waals surface area contributed by atoms with E-state index in [1.165, 1.54) is 0 Å². The third kappa shape index (κ3) is 6.64. The monoisotopic (exact) mass is 245 g/mol. The van der Waals surface area contributed by atoms with Crippen LogP contribution >= 0.6 is 0 Å². The molecule has 0 saturated heterocycles. The molecule has 0 aromatic rings. The molecule has 102 valence electrons. The van der Waals surface area contributed by atoms with E-state index < -0.39 is 5.60 Å². The maximum atomic E-state index is 11.7. The van der Waals surface area contributed by atoms with Crippen molar-refractivity contribution in [2.24, 2.45) is 5.41 Å². The van der Waals surface area contributed by atoms with E-state index in [0.717, 1.165) is 0 Å². The standard InChI is InChI=1S/C13H27NO3/c1-12(2,3)10(9-15)14(7)8-11(16)17-13(4,5)6/h10,15H,8-9H2,1-7H3. The molecule has 17 heavy (non-hydrogen) atoms. The van der Waals surface area contributed by atoms with E-state index in [1.807, 2.05) is 53.5 Å². The molecule has 4 nitrogen and oxygen atoms in total. The molecule has 0 radical (unpaired) electrons. The molecular weight excluding hydrogens is 218 g/mol. The number of likely N-dealkylation sites (N-methyl/N-ethyl adjacent to an activating group) is 1. The van der Waals surface area contributed by atoms with E-state index in [2.05, 4.69) is 0 Å². The summed E-state index contributed by atoms with van der Waals surface area (Å²) in [5.74, 6) is -0.261.